The van der Waals surface area contributed by atoms with Gasteiger partial charge in [-0.05, 0) is 37.9 Å². The monoisotopic (exact) mass is 351 g/mol. The predicted octanol–water partition coefficient (Wildman–Crippen LogP) is 2.22. The molecular formula is C20H25N5O. The van der Waals surface area contributed by atoms with Crippen LogP contribution in [0, 0.1) is 5.92 Å². The zero-order valence-corrected chi connectivity index (χ0v) is 15.4. The molecule has 1 saturated heterocycles. The highest BCUT2D eigenvalue weighted by atomic mass is 16.1. The van der Waals surface area contributed by atoms with Gasteiger partial charge < -0.3 is 9.88 Å². The molecule has 3 heterocycles. The van der Waals surface area contributed by atoms with Gasteiger partial charge in [0.1, 0.15) is 5.82 Å². The van der Waals surface area contributed by atoms with Crippen LogP contribution in [-0.2, 0) is 19.9 Å². The number of pyridine rings is 1. The van der Waals surface area contributed by atoms with Gasteiger partial charge in [0.05, 0.1) is 11.2 Å². The summed E-state index contributed by atoms with van der Waals surface area (Å²) in [4.78, 5) is 17.3. The van der Waals surface area contributed by atoms with Crippen molar-refractivity contribution in [3.8, 4) is 5.69 Å². The Bertz CT molecular complexity index is 982. The Hall–Kier alpha value is -2.47. The smallest absolute Gasteiger partial charge is 0.252 e. The van der Waals surface area contributed by atoms with Crippen molar-refractivity contribution >= 4 is 10.9 Å². The number of aryl methyl sites for hydroxylation is 2. The summed E-state index contributed by atoms with van der Waals surface area (Å²) in [5.41, 5.74) is 1.72. The number of nitrogens with zero attached hydrogens (tertiary/aromatic N) is 4. The molecular weight excluding hydrogens is 326 g/mol. The summed E-state index contributed by atoms with van der Waals surface area (Å²) >= 11 is 0. The molecule has 6 heteroatoms. The fraction of sp³-hybridized carbons (Fsp3) is 0.450. The van der Waals surface area contributed by atoms with Crippen LogP contribution in [0.5, 0.6) is 0 Å². The molecule has 1 fully saturated rings. The molecule has 26 heavy (non-hydrogen) atoms. The van der Waals surface area contributed by atoms with Gasteiger partial charge in [-0.1, -0.05) is 25.1 Å². The first-order valence-electron chi connectivity index (χ1n) is 9.42. The summed E-state index contributed by atoms with van der Waals surface area (Å²) in [7, 11) is 1.81. The standard InChI is InChI=1S/C20H25N5O/c1-3-18-22-19(12-14-8-10-21-11-9-14)25(23-18)17-13-20(26)24(2)16-7-5-4-6-15(16)17/h4-7,13-14,21H,3,8-12H2,1-2H3. The van der Waals surface area contributed by atoms with E-state index in [4.69, 9.17) is 10.1 Å². The van der Waals surface area contributed by atoms with Crippen molar-refractivity contribution in [2.45, 2.75) is 32.6 Å². The van der Waals surface area contributed by atoms with E-state index in [0.717, 1.165) is 67.0 Å². The van der Waals surface area contributed by atoms with Crippen LogP contribution in [0.3, 0.4) is 0 Å². The van der Waals surface area contributed by atoms with E-state index in [1.165, 1.54) is 0 Å². The number of benzene rings is 1. The quantitative estimate of drug-likeness (QED) is 0.783. The number of nitrogens with one attached hydrogen (secondary N) is 1. The van der Waals surface area contributed by atoms with Gasteiger partial charge in [-0.15, -0.1) is 0 Å². The third-order valence-corrected chi connectivity index (χ3v) is 5.32. The van der Waals surface area contributed by atoms with Crippen LogP contribution in [-0.4, -0.2) is 32.4 Å². The number of para-hydroxylation sites is 1. The van der Waals surface area contributed by atoms with E-state index in [1.807, 2.05) is 36.0 Å². The Kier molecular flexibility index (Phi) is 4.59. The molecule has 6 nitrogen and oxygen atoms in total. The third kappa shape index (κ3) is 3.05. The molecule has 1 aliphatic heterocycles. The third-order valence-electron chi connectivity index (χ3n) is 5.32. The fourth-order valence-electron chi connectivity index (χ4n) is 3.78. The lowest BCUT2D eigenvalue weighted by Crippen LogP contribution is -2.29. The Labute approximate surface area is 152 Å². The van der Waals surface area contributed by atoms with Crippen LogP contribution in [0.25, 0.3) is 16.6 Å². The van der Waals surface area contributed by atoms with Crippen LogP contribution >= 0.6 is 0 Å². The first-order valence-corrected chi connectivity index (χ1v) is 9.42. The second-order valence-electron chi connectivity index (χ2n) is 7.05. The molecule has 0 aliphatic carbocycles. The van der Waals surface area contributed by atoms with E-state index in [2.05, 4.69) is 12.2 Å². The molecule has 0 amide bonds. The topological polar surface area (TPSA) is 64.7 Å². The van der Waals surface area contributed by atoms with Crippen LogP contribution in [0.4, 0.5) is 0 Å². The van der Waals surface area contributed by atoms with E-state index >= 15 is 0 Å². The van der Waals surface area contributed by atoms with Gasteiger partial charge in [-0.3, -0.25) is 4.79 Å². The minimum absolute atomic E-state index is 0.0277. The molecule has 1 N–H and O–H groups in total. The van der Waals surface area contributed by atoms with Gasteiger partial charge in [0, 0.05) is 31.3 Å². The van der Waals surface area contributed by atoms with Crippen LogP contribution in [0.15, 0.2) is 35.1 Å². The molecule has 3 aromatic rings. The van der Waals surface area contributed by atoms with Crippen molar-refractivity contribution in [3.05, 3.63) is 52.3 Å². The Morgan fingerprint density at radius 3 is 2.77 bits per heavy atom. The molecule has 2 aromatic heterocycles. The van der Waals surface area contributed by atoms with E-state index in [-0.39, 0.29) is 5.56 Å². The molecule has 0 spiro atoms. The molecule has 1 aromatic carbocycles. The van der Waals surface area contributed by atoms with Gasteiger partial charge in [0.2, 0.25) is 0 Å². The van der Waals surface area contributed by atoms with E-state index in [9.17, 15) is 4.79 Å². The number of aromatic nitrogens is 4. The van der Waals surface area contributed by atoms with E-state index in [0.29, 0.717) is 5.92 Å². The maximum absolute atomic E-state index is 12.5. The molecule has 136 valence electrons. The molecule has 1 aliphatic rings. The predicted molar refractivity (Wildman–Crippen MR) is 103 cm³/mol. The van der Waals surface area contributed by atoms with Crippen molar-refractivity contribution < 1.29 is 0 Å². The molecule has 4 rings (SSSR count). The number of hydrogen-bond acceptors (Lipinski definition) is 4. The Morgan fingerprint density at radius 1 is 1.23 bits per heavy atom. The molecule has 0 radical (unpaired) electrons. The molecule has 0 saturated carbocycles. The van der Waals surface area contributed by atoms with Gasteiger partial charge in [-0.2, -0.15) is 5.10 Å². The van der Waals surface area contributed by atoms with Crippen LogP contribution in [0.2, 0.25) is 0 Å². The molecule has 0 unspecified atom stereocenters. The molecule has 0 bridgehead atoms. The van der Waals surface area contributed by atoms with Crippen LogP contribution in [0.1, 0.15) is 31.4 Å². The summed E-state index contributed by atoms with van der Waals surface area (Å²) in [5, 5.41) is 9.16. The van der Waals surface area contributed by atoms with Gasteiger partial charge in [0.15, 0.2) is 5.82 Å². The first-order chi connectivity index (χ1) is 12.7. The van der Waals surface area contributed by atoms with Crippen molar-refractivity contribution in [1.29, 1.82) is 0 Å². The van der Waals surface area contributed by atoms with E-state index < -0.39 is 0 Å². The average molecular weight is 351 g/mol. The highest BCUT2D eigenvalue weighted by Gasteiger charge is 2.20. The lowest BCUT2D eigenvalue weighted by Gasteiger charge is -2.22. The SMILES string of the molecule is CCc1nc(CC2CCNCC2)n(-c2cc(=O)n(C)c3ccccc23)n1. The summed E-state index contributed by atoms with van der Waals surface area (Å²) in [5.74, 6) is 2.41. The minimum atomic E-state index is -0.0277. The van der Waals surface area contributed by atoms with Gasteiger partial charge in [-0.25, -0.2) is 9.67 Å². The lowest BCUT2D eigenvalue weighted by atomic mass is 9.94. The largest absolute Gasteiger partial charge is 0.317 e. The summed E-state index contributed by atoms with van der Waals surface area (Å²) in [6.45, 7) is 4.19. The van der Waals surface area contributed by atoms with Gasteiger partial charge in [0.25, 0.3) is 5.56 Å². The highest BCUT2D eigenvalue weighted by Crippen LogP contribution is 2.23. The van der Waals surface area contributed by atoms with E-state index in [1.54, 1.807) is 10.6 Å². The van der Waals surface area contributed by atoms with Crippen molar-refractivity contribution in [2.24, 2.45) is 13.0 Å². The average Bonchev–Trinajstić information content (AvgIpc) is 3.08. The maximum atomic E-state index is 12.5. The number of piperidine rings is 1. The number of hydrogen-bond donors (Lipinski definition) is 1. The highest BCUT2D eigenvalue weighted by molar-refractivity contribution is 5.87. The fourth-order valence-corrected chi connectivity index (χ4v) is 3.78. The minimum Gasteiger partial charge on any atom is -0.317 e. The Morgan fingerprint density at radius 2 is 2.00 bits per heavy atom. The summed E-state index contributed by atoms with van der Waals surface area (Å²) in [6, 6.07) is 9.67. The normalized spacial score (nSPS) is 15.6. The van der Waals surface area contributed by atoms with Crippen molar-refractivity contribution in [2.75, 3.05) is 13.1 Å². The zero-order chi connectivity index (χ0) is 18.1. The molecule has 0 atom stereocenters. The lowest BCUT2D eigenvalue weighted by molar-refractivity contribution is 0.365. The zero-order valence-electron chi connectivity index (χ0n) is 15.4. The van der Waals surface area contributed by atoms with Crippen LogP contribution < -0.4 is 10.9 Å². The van der Waals surface area contributed by atoms with Gasteiger partial charge >= 0.3 is 0 Å². The maximum Gasteiger partial charge on any atom is 0.252 e. The van der Waals surface area contributed by atoms with Crippen molar-refractivity contribution in [1.82, 2.24) is 24.6 Å². The summed E-state index contributed by atoms with van der Waals surface area (Å²) in [6.07, 6.45) is 4.00. The second-order valence-corrected chi connectivity index (χ2v) is 7.05. The number of fused-ring (bicyclic) bond motifs is 1. The number of rotatable bonds is 4. The second kappa shape index (κ2) is 7.03. The first kappa shape index (κ1) is 17.0. The van der Waals surface area contributed by atoms with Crippen molar-refractivity contribution in [3.63, 3.8) is 0 Å². The Balaban J connectivity index is 1.85. The summed E-state index contributed by atoms with van der Waals surface area (Å²) < 4.78 is 3.59.